The van der Waals surface area contributed by atoms with Gasteiger partial charge in [0.2, 0.25) is 0 Å². The van der Waals surface area contributed by atoms with E-state index in [0.29, 0.717) is 13.1 Å². The van der Waals surface area contributed by atoms with E-state index in [2.05, 4.69) is 6.07 Å². The summed E-state index contributed by atoms with van der Waals surface area (Å²) in [6, 6.07) is 21.4. The summed E-state index contributed by atoms with van der Waals surface area (Å²) in [5, 5.41) is 9.67. The molecule has 1 unspecified atom stereocenters. The normalized spacial score (nSPS) is 12.6. The molecule has 0 aliphatic heterocycles. The van der Waals surface area contributed by atoms with Crippen molar-refractivity contribution in [3.8, 4) is 6.07 Å². The van der Waals surface area contributed by atoms with Crippen LogP contribution in [0.15, 0.2) is 60.7 Å². The van der Waals surface area contributed by atoms with E-state index in [1.165, 1.54) is 0 Å². The van der Waals surface area contributed by atoms with Gasteiger partial charge in [-0.15, -0.1) is 0 Å². The Hall–Kier alpha value is -2.44. The van der Waals surface area contributed by atoms with E-state index in [1.807, 2.05) is 86.3 Å². The van der Waals surface area contributed by atoms with E-state index in [-0.39, 0.29) is 5.78 Å². The fourth-order valence-corrected chi connectivity index (χ4v) is 2.59. The molecular weight excluding hydrogens is 296 g/mol. The van der Waals surface area contributed by atoms with E-state index < -0.39 is 11.5 Å². The molecule has 0 heterocycles. The van der Waals surface area contributed by atoms with E-state index >= 15 is 0 Å². The Morgan fingerprint density at radius 3 is 1.71 bits per heavy atom. The fraction of sp³-hybridized carbons (Fsp3) is 0.333. The summed E-state index contributed by atoms with van der Waals surface area (Å²) in [6.07, 6.45) is 0. The Bertz CT molecular complexity index is 655. The van der Waals surface area contributed by atoms with Crippen molar-refractivity contribution in [1.29, 1.82) is 5.26 Å². The molecule has 0 bridgehead atoms. The fourth-order valence-electron chi connectivity index (χ4n) is 2.59. The Balaban J connectivity index is 2.30. The number of hydrogen-bond acceptors (Lipinski definition) is 3. The number of rotatable bonds is 6. The van der Waals surface area contributed by atoms with Crippen LogP contribution in [0.1, 0.15) is 31.9 Å². The summed E-state index contributed by atoms with van der Waals surface area (Å²) in [5.74, 6) is -0.0446. The highest BCUT2D eigenvalue weighted by Crippen LogP contribution is 2.22. The third-order valence-corrected chi connectivity index (χ3v) is 3.93. The van der Waals surface area contributed by atoms with Crippen molar-refractivity contribution in [2.24, 2.45) is 5.41 Å². The minimum Gasteiger partial charge on any atom is -0.296 e. The number of hydrogen-bond donors (Lipinski definition) is 0. The summed E-state index contributed by atoms with van der Waals surface area (Å²) in [7, 11) is 0. The van der Waals surface area contributed by atoms with Crippen LogP contribution in [-0.2, 0) is 17.9 Å². The van der Waals surface area contributed by atoms with Gasteiger partial charge in [-0.05, 0) is 11.1 Å². The molecule has 24 heavy (non-hydrogen) atoms. The van der Waals surface area contributed by atoms with Crippen molar-refractivity contribution >= 4 is 5.78 Å². The summed E-state index contributed by atoms with van der Waals surface area (Å²) < 4.78 is 0. The monoisotopic (exact) mass is 320 g/mol. The molecule has 0 spiro atoms. The molecular formula is C21H24N2O. The summed E-state index contributed by atoms with van der Waals surface area (Å²) >= 11 is 0. The first-order valence-corrected chi connectivity index (χ1v) is 8.17. The quantitative estimate of drug-likeness (QED) is 0.801. The molecule has 0 aromatic heterocycles. The lowest BCUT2D eigenvalue weighted by Gasteiger charge is -2.30. The van der Waals surface area contributed by atoms with Gasteiger partial charge in [0.1, 0.15) is 0 Å². The van der Waals surface area contributed by atoms with Crippen LogP contribution in [0.4, 0.5) is 0 Å². The molecule has 2 aromatic carbocycles. The minimum atomic E-state index is -0.759. The van der Waals surface area contributed by atoms with Crippen molar-refractivity contribution in [2.75, 3.05) is 0 Å². The van der Waals surface area contributed by atoms with Crippen molar-refractivity contribution in [1.82, 2.24) is 4.90 Å². The number of carbonyl (C=O) groups excluding carboxylic acids is 1. The molecule has 2 aromatic rings. The molecule has 0 aliphatic carbocycles. The maximum atomic E-state index is 12.8. The first-order chi connectivity index (χ1) is 11.4. The zero-order valence-corrected chi connectivity index (χ0v) is 14.6. The van der Waals surface area contributed by atoms with Gasteiger partial charge in [0, 0.05) is 18.5 Å². The van der Waals surface area contributed by atoms with E-state index in [4.69, 9.17) is 0 Å². The third kappa shape index (κ3) is 4.78. The molecule has 0 saturated heterocycles. The Labute approximate surface area is 144 Å². The second-order valence-corrected chi connectivity index (χ2v) is 7.02. The van der Waals surface area contributed by atoms with Gasteiger partial charge >= 0.3 is 0 Å². The number of nitriles is 1. The van der Waals surface area contributed by atoms with Gasteiger partial charge in [0.25, 0.3) is 0 Å². The van der Waals surface area contributed by atoms with Crippen molar-refractivity contribution in [3.63, 3.8) is 0 Å². The standard InChI is InChI=1S/C21H24N2O/c1-21(2,3)20(24)19(14-22)23(15-17-10-6-4-7-11-17)16-18-12-8-5-9-13-18/h4-13,19H,15-16H2,1-3H3. The topological polar surface area (TPSA) is 44.1 Å². The van der Waals surface area contributed by atoms with Gasteiger partial charge in [-0.2, -0.15) is 5.26 Å². The van der Waals surface area contributed by atoms with Crippen LogP contribution in [0, 0.1) is 16.7 Å². The Kier molecular flexibility index (Phi) is 5.89. The highest BCUT2D eigenvalue weighted by molar-refractivity contribution is 5.91. The van der Waals surface area contributed by atoms with Crippen LogP contribution in [0.2, 0.25) is 0 Å². The molecule has 0 aliphatic rings. The lowest BCUT2D eigenvalue weighted by molar-refractivity contribution is -0.130. The third-order valence-electron chi connectivity index (χ3n) is 3.93. The highest BCUT2D eigenvalue weighted by atomic mass is 16.1. The van der Waals surface area contributed by atoms with Gasteiger partial charge in [0.05, 0.1) is 6.07 Å². The summed E-state index contributed by atoms with van der Waals surface area (Å²) in [6.45, 7) is 6.72. The smallest absolute Gasteiger partial charge is 0.169 e. The average molecular weight is 320 g/mol. The molecule has 0 N–H and O–H groups in total. The molecule has 0 fully saturated rings. The molecule has 124 valence electrons. The largest absolute Gasteiger partial charge is 0.296 e. The van der Waals surface area contributed by atoms with Gasteiger partial charge in [0.15, 0.2) is 11.8 Å². The van der Waals surface area contributed by atoms with Crippen LogP contribution in [0.25, 0.3) is 0 Å². The van der Waals surface area contributed by atoms with Gasteiger partial charge < -0.3 is 0 Å². The van der Waals surface area contributed by atoms with Gasteiger partial charge in [-0.3, -0.25) is 9.69 Å². The number of ketones is 1. The highest BCUT2D eigenvalue weighted by Gasteiger charge is 2.34. The number of benzene rings is 2. The van der Waals surface area contributed by atoms with E-state index in [1.54, 1.807) is 0 Å². The van der Waals surface area contributed by atoms with Crippen LogP contribution < -0.4 is 0 Å². The number of nitrogens with zero attached hydrogens (tertiary/aromatic N) is 2. The van der Waals surface area contributed by atoms with Crippen molar-refractivity contribution in [3.05, 3.63) is 71.8 Å². The molecule has 0 saturated carbocycles. The Morgan fingerprint density at radius 1 is 0.958 bits per heavy atom. The number of carbonyl (C=O) groups is 1. The van der Waals surface area contributed by atoms with Gasteiger partial charge in [-0.25, -0.2) is 0 Å². The summed E-state index contributed by atoms with van der Waals surface area (Å²) in [5.41, 5.74) is 1.64. The van der Waals surface area contributed by atoms with Crippen LogP contribution in [0.3, 0.4) is 0 Å². The van der Waals surface area contributed by atoms with Crippen molar-refractivity contribution < 1.29 is 4.79 Å². The molecule has 3 heteroatoms. The summed E-state index contributed by atoms with van der Waals surface area (Å²) in [4.78, 5) is 14.7. The number of Topliss-reactive ketones (excluding diaryl/α,β-unsaturated/α-hetero) is 1. The zero-order valence-electron chi connectivity index (χ0n) is 14.6. The molecule has 0 amide bonds. The first-order valence-electron chi connectivity index (χ1n) is 8.17. The molecule has 2 rings (SSSR count). The lowest BCUT2D eigenvalue weighted by atomic mass is 9.86. The molecule has 1 atom stereocenters. The van der Waals surface area contributed by atoms with E-state index in [0.717, 1.165) is 11.1 Å². The second kappa shape index (κ2) is 7.90. The average Bonchev–Trinajstić information content (AvgIpc) is 2.56. The molecule has 0 radical (unpaired) electrons. The van der Waals surface area contributed by atoms with Crippen LogP contribution in [-0.4, -0.2) is 16.7 Å². The maximum absolute atomic E-state index is 12.8. The van der Waals surface area contributed by atoms with E-state index in [9.17, 15) is 10.1 Å². The predicted molar refractivity (Wildman–Crippen MR) is 96.0 cm³/mol. The zero-order chi connectivity index (χ0) is 17.6. The maximum Gasteiger partial charge on any atom is 0.169 e. The Morgan fingerprint density at radius 2 is 1.38 bits per heavy atom. The second-order valence-electron chi connectivity index (χ2n) is 7.02. The SMILES string of the molecule is CC(C)(C)C(=O)C(C#N)N(Cc1ccccc1)Cc1ccccc1. The first kappa shape index (κ1) is 17.9. The predicted octanol–water partition coefficient (Wildman–Crippen LogP) is 4.20. The van der Waals surface area contributed by atoms with Crippen LogP contribution >= 0.6 is 0 Å². The minimum absolute atomic E-state index is 0.0446. The lowest BCUT2D eigenvalue weighted by Crippen LogP contribution is -2.44. The van der Waals surface area contributed by atoms with Gasteiger partial charge in [-0.1, -0.05) is 81.4 Å². The molecule has 3 nitrogen and oxygen atoms in total. The van der Waals surface area contributed by atoms with Crippen molar-refractivity contribution in [2.45, 2.75) is 39.9 Å². The van der Waals surface area contributed by atoms with Crippen LogP contribution in [0.5, 0.6) is 0 Å².